The molecule has 0 unspecified atom stereocenters. The quantitative estimate of drug-likeness (QED) is 0.638. The zero-order chi connectivity index (χ0) is 20.1. The molecule has 148 valence electrons. The van der Waals surface area contributed by atoms with E-state index in [2.05, 4.69) is 20.8 Å². The highest BCUT2D eigenvalue weighted by Gasteiger charge is 2.14. The van der Waals surface area contributed by atoms with Gasteiger partial charge in [-0.15, -0.1) is 10.2 Å². The second-order valence-corrected chi connectivity index (χ2v) is 6.31. The fraction of sp³-hybridized carbons (Fsp3) is 0.190. The minimum Gasteiger partial charge on any atom is -0.496 e. The topological polar surface area (TPSA) is 94.6 Å². The minimum absolute atomic E-state index is 0.222. The third-order valence-corrected chi connectivity index (χ3v) is 4.41. The molecule has 0 atom stereocenters. The smallest absolute Gasteiger partial charge is 0.271 e. The normalized spacial score (nSPS) is 11.8. The molecular formula is C21H20N4O4. The summed E-state index contributed by atoms with van der Waals surface area (Å²) in [4.78, 5) is 12.3. The van der Waals surface area contributed by atoms with Crippen molar-refractivity contribution in [2.24, 2.45) is 0 Å². The van der Waals surface area contributed by atoms with Crippen LogP contribution >= 0.6 is 0 Å². The Hall–Kier alpha value is -3.81. The van der Waals surface area contributed by atoms with Crippen LogP contribution in [0.5, 0.6) is 17.2 Å². The number of ether oxygens (including phenoxy) is 3. The lowest BCUT2D eigenvalue weighted by Crippen LogP contribution is -2.26. The average molecular weight is 392 g/mol. The van der Waals surface area contributed by atoms with Gasteiger partial charge in [0.15, 0.2) is 23.0 Å². The number of nitrogens with one attached hydrogen (secondary N) is 2. The van der Waals surface area contributed by atoms with Gasteiger partial charge in [0.1, 0.15) is 5.75 Å². The third kappa shape index (κ3) is 4.37. The van der Waals surface area contributed by atoms with Crippen LogP contribution in [0.15, 0.2) is 54.6 Å². The predicted molar refractivity (Wildman–Crippen MR) is 107 cm³/mol. The second kappa shape index (κ2) is 8.47. The molecule has 2 N–H and O–H groups in total. The van der Waals surface area contributed by atoms with Crippen LogP contribution in [0.1, 0.15) is 16.1 Å². The third-order valence-electron chi connectivity index (χ3n) is 4.41. The van der Waals surface area contributed by atoms with Crippen molar-refractivity contribution in [3.05, 3.63) is 65.9 Å². The van der Waals surface area contributed by atoms with Gasteiger partial charge >= 0.3 is 0 Å². The Kier molecular flexibility index (Phi) is 5.42. The number of rotatable bonds is 7. The highest BCUT2D eigenvalue weighted by Crippen LogP contribution is 2.34. The van der Waals surface area contributed by atoms with E-state index in [1.54, 1.807) is 19.2 Å². The summed E-state index contributed by atoms with van der Waals surface area (Å²) in [5.74, 6) is 2.44. The number of hydrogen-bond donors (Lipinski definition) is 2. The molecule has 0 saturated heterocycles. The van der Waals surface area contributed by atoms with Crippen molar-refractivity contribution in [3.8, 4) is 17.2 Å². The maximum Gasteiger partial charge on any atom is 0.271 e. The van der Waals surface area contributed by atoms with E-state index in [0.717, 1.165) is 17.0 Å². The molecule has 1 amide bonds. The Morgan fingerprint density at radius 3 is 2.76 bits per heavy atom. The van der Waals surface area contributed by atoms with Gasteiger partial charge in [-0.05, 0) is 42.3 Å². The van der Waals surface area contributed by atoms with Gasteiger partial charge in [-0.1, -0.05) is 18.2 Å². The molecule has 8 nitrogen and oxygen atoms in total. The van der Waals surface area contributed by atoms with E-state index in [4.69, 9.17) is 14.2 Å². The highest BCUT2D eigenvalue weighted by molar-refractivity contribution is 5.92. The largest absolute Gasteiger partial charge is 0.496 e. The van der Waals surface area contributed by atoms with Crippen molar-refractivity contribution in [2.75, 3.05) is 25.8 Å². The lowest BCUT2D eigenvalue weighted by Gasteiger charge is -2.09. The van der Waals surface area contributed by atoms with Crippen LogP contribution in [0.4, 0.5) is 11.5 Å². The first-order chi connectivity index (χ1) is 14.2. The highest BCUT2D eigenvalue weighted by atomic mass is 16.7. The Labute approximate surface area is 167 Å². The van der Waals surface area contributed by atoms with Crippen molar-refractivity contribution in [1.29, 1.82) is 0 Å². The average Bonchev–Trinajstić information content (AvgIpc) is 3.22. The van der Waals surface area contributed by atoms with Crippen LogP contribution in [-0.2, 0) is 6.42 Å². The van der Waals surface area contributed by atoms with E-state index >= 15 is 0 Å². The molecule has 0 fully saturated rings. The Balaban J connectivity index is 1.32. The van der Waals surface area contributed by atoms with Crippen LogP contribution in [0.3, 0.4) is 0 Å². The van der Waals surface area contributed by atoms with Gasteiger partial charge in [0, 0.05) is 18.3 Å². The molecule has 0 aliphatic carbocycles. The number of benzene rings is 2. The van der Waals surface area contributed by atoms with Crippen LogP contribution in [0.2, 0.25) is 0 Å². The van der Waals surface area contributed by atoms with Crippen LogP contribution in [0, 0.1) is 0 Å². The van der Waals surface area contributed by atoms with Gasteiger partial charge in [0.2, 0.25) is 6.79 Å². The molecule has 0 radical (unpaired) electrons. The van der Waals surface area contributed by atoms with E-state index in [-0.39, 0.29) is 18.4 Å². The minimum atomic E-state index is -0.276. The Morgan fingerprint density at radius 1 is 1.07 bits per heavy atom. The predicted octanol–water partition coefficient (Wildman–Crippen LogP) is 2.93. The zero-order valence-corrected chi connectivity index (χ0v) is 15.8. The van der Waals surface area contributed by atoms with Crippen molar-refractivity contribution in [1.82, 2.24) is 15.5 Å². The molecule has 1 aliphatic heterocycles. The van der Waals surface area contributed by atoms with Crippen molar-refractivity contribution >= 4 is 17.4 Å². The molecule has 0 saturated carbocycles. The molecule has 0 bridgehead atoms. The summed E-state index contributed by atoms with van der Waals surface area (Å²) in [6.07, 6.45) is 0.660. The number of amides is 1. The maximum absolute atomic E-state index is 12.3. The van der Waals surface area contributed by atoms with Gasteiger partial charge in [-0.2, -0.15) is 0 Å². The van der Waals surface area contributed by atoms with Gasteiger partial charge in [0.05, 0.1) is 7.11 Å². The van der Waals surface area contributed by atoms with E-state index in [0.29, 0.717) is 30.3 Å². The summed E-state index contributed by atoms with van der Waals surface area (Å²) >= 11 is 0. The number of aromatic nitrogens is 2. The fourth-order valence-corrected chi connectivity index (χ4v) is 2.95. The molecule has 8 heteroatoms. The van der Waals surface area contributed by atoms with Crippen molar-refractivity contribution < 1.29 is 19.0 Å². The molecule has 2 heterocycles. The van der Waals surface area contributed by atoms with E-state index < -0.39 is 0 Å². The molecule has 0 spiro atoms. The first-order valence-electron chi connectivity index (χ1n) is 9.13. The van der Waals surface area contributed by atoms with Gasteiger partial charge in [-0.3, -0.25) is 4.79 Å². The molecule has 3 aromatic rings. The molecular weight excluding hydrogens is 372 g/mol. The molecule has 4 rings (SSSR count). The number of fused-ring (bicyclic) bond motifs is 1. The molecule has 1 aromatic heterocycles. The van der Waals surface area contributed by atoms with Crippen molar-refractivity contribution in [2.45, 2.75) is 6.42 Å². The summed E-state index contributed by atoms with van der Waals surface area (Å²) in [7, 11) is 1.63. The van der Waals surface area contributed by atoms with E-state index in [1.165, 1.54) is 0 Å². The van der Waals surface area contributed by atoms with Gasteiger partial charge < -0.3 is 24.8 Å². The Morgan fingerprint density at radius 2 is 1.93 bits per heavy atom. The summed E-state index contributed by atoms with van der Waals surface area (Å²) in [6, 6.07) is 16.5. The summed E-state index contributed by atoms with van der Waals surface area (Å²) in [6.45, 7) is 0.692. The number of hydrogen-bond acceptors (Lipinski definition) is 7. The van der Waals surface area contributed by atoms with Crippen LogP contribution < -0.4 is 24.8 Å². The summed E-state index contributed by atoms with van der Waals surface area (Å²) in [5, 5.41) is 14.0. The number of anilines is 2. The number of methoxy groups -OCH3 is 1. The SMILES string of the molecule is COc1ccccc1CCNC(=O)c1ccc(Nc2ccc3c(c2)OCO3)nn1. The van der Waals surface area contributed by atoms with E-state index in [9.17, 15) is 4.79 Å². The zero-order valence-electron chi connectivity index (χ0n) is 15.8. The van der Waals surface area contributed by atoms with Gasteiger partial charge in [0.25, 0.3) is 5.91 Å². The lowest BCUT2D eigenvalue weighted by molar-refractivity contribution is 0.0948. The van der Waals surface area contributed by atoms with E-state index in [1.807, 2.05) is 42.5 Å². The number of carbonyl (C=O) groups is 1. The summed E-state index contributed by atoms with van der Waals surface area (Å²) < 4.78 is 16.0. The second-order valence-electron chi connectivity index (χ2n) is 6.31. The number of carbonyl (C=O) groups excluding carboxylic acids is 1. The fourth-order valence-electron chi connectivity index (χ4n) is 2.95. The number of nitrogens with zero attached hydrogens (tertiary/aromatic N) is 2. The number of para-hydroxylation sites is 1. The van der Waals surface area contributed by atoms with Crippen LogP contribution in [0.25, 0.3) is 0 Å². The molecule has 2 aromatic carbocycles. The lowest BCUT2D eigenvalue weighted by atomic mass is 10.1. The molecule has 29 heavy (non-hydrogen) atoms. The van der Waals surface area contributed by atoms with Crippen molar-refractivity contribution in [3.63, 3.8) is 0 Å². The standard InChI is InChI=1S/C21H20N4O4/c1-27-17-5-3-2-4-14(17)10-11-22-21(26)16-7-9-20(25-24-16)23-15-6-8-18-19(12-15)29-13-28-18/h2-9,12H,10-11,13H2,1H3,(H,22,26)(H,23,25). The Bertz CT molecular complexity index is 1010. The maximum atomic E-state index is 12.3. The van der Waals surface area contributed by atoms with Gasteiger partial charge in [-0.25, -0.2) is 0 Å². The monoisotopic (exact) mass is 392 g/mol. The first-order valence-corrected chi connectivity index (χ1v) is 9.13. The molecule has 1 aliphatic rings. The van der Waals surface area contributed by atoms with Crippen LogP contribution in [-0.4, -0.2) is 36.6 Å². The first kappa shape index (κ1) is 18.5. The summed E-state index contributed by atoms with van der Waals surface area (Å²) in [5.41, 5.74) is 2.07.